The summed E-state index contributed by atoms with van der Waals surface area (Å²) in [5, 5.41) is 3.57. The van der Waals surface area contributed by atoms with Gasteiger partial charge in [-0.1, -0.05) is 5.92 Å². The second kappa shape index (κ2) is 4.13. The molecule has 4 atom stereocenters. The van der Waals surface area contributed by atoms with Crippen LogP contribution in [-0.2, 0) is 0 Å². The molecule has 0 aromatic carbocycles. The van der Waals surface area contributed by atoms with Gasteiger partial charge in [-0.3, -0.25) is 5.32 Å². The molecule has 0 aromatic heterocycles. The molecular formula is C12H21N3. The van der Waals surface area contributed by atoms with Crippen LogP contribution in [0.25, 0.3) is 0 Å². The van der Waals surface area contributed by atoms with Crippen molar-refractivity contribution in [1.82, 2.24) is 10.2 Å². The van der Waals surface area contributed by atoms with Crippen molar-refractivity contribution >= 4 is 0 Å². The molecule has 2 saturated heterocycles. The fraction of sp³-hybridized carbons (Fsp3) is 0.833. The van der Waals surface area contributed by atoms with Gasteiger partial charge in [-0.05, 0) is 38.8 Å². The average molecular weight is 207 g/mol. The fourth-order valence-corrected chi connectivity index (χ4v) is 3.04. The maximum atomic E-state index is 5.98. The molecule has 0 aliphatic carbocycles. The molecule has 2 rings (SSSR count). The van der Waals surface area contributed by atoms with Gasteiger partial charge < -0.3 is 10.6 Å². The molecule has 2 fully saturated rings. The number of nitrogens with one attached hydrogen (secondary N) is 1. The van der Waals surface area contributed by atoms with Gasteiger partial charge in [-0.25, -0.2) is 0 Å². The second-order valence-electron chi connectivity index (χ2n) is 4.93. The van der Waals surface area contributed by atoms with E-state index in [0.717, 1.165) is 13.0 Å². The van der Waals surface area contributed by atoms with Gasteiger partial charge in [0.1, 0.15) is 0 Å². The molecule has 0 amide bonds. The standard InChI is InChI=1S/C12H21N3/c1-3-10(2)14-12(9-13)5-7-15-6-4-11(12)8-15/h1,10-11,14H,4-9,13H2,2H3. The van der Waals surface area contributed by atoms with E-state index in [0.29, 0.717) is 12.5 Å². The molecule has 2 heterocycles. The van der Waals surface area contributed by atoms with Gasteiger partial charge in [0.05, 0.1) is 6.04 Å². The van der Waals surface area contributed by atoms with Crippen molar-refractivity contribution in [2.45, 2.75) is 31.3 Å². The fourth-order valence-electron chi connectivity index (χ4n) is 3.04. The first-order chi connectivity index (χ1) is 7.20. The Balaban J connectivity index is 2.10. The Morgan fingerprint density at radius 1 is 1.67 bits per heavy atom. The van der Waals surface area contributed by atoms with Crippen LogP contribution in [0, 0.1) is 18.3 Å². The average Bonchev–Trinajstić information content (AvgIpc) is 2.67. The minimum absolute atomic E-state index is 0.0960. The molecule has 2 aliphatic rings. The Morgan fingerprint density at radius 2 is 2.47 bits per heavy atom. The lowest BCUT2D eigenvalue weighted by Gasteiger charge is -2.44. The molecule has 0 aromatic rings. The summed E-state index contributed by atoms with van der Waals surface area (Å²) in [6.45, 7) is 6.34. The van der Waals surface area contributed by atoms with Crippen molar-refractivity contribution in [3.05, 3.63) is 0 Å². The van der Waals surface area contributed by atoms with Gasteiger partial charge in [0.25, 0.3) is 0 Å². The summed E-state index contributed by atoms with van der Waals surface area (Å²) in [7, 11) is 0. The van der Waals surface area contributed by atoms with Crippen LogP contribution in [0.4, 0.5) is 0 Å². The molecule has 0 saturated carbocycles. The molecule has 0 spiro atoms. The maximum Gasteiger partial charge on any atom is 0.0663 e. The maximum absolute atomic E-state index is 5.98. The van der Waals surface area contributed by atoms with E-state index >= 15 is 0 Å². The zero-order valence-electron chi connectivity index (χ0n) is 9.50. The van der Waals surface area contributed by atoms with E-state index in [1.807, 2.05) is 6.92 Å². The topological polar surface area (TPSA) is 41.3 Å². The van der Waals surface area contributed by atoms with Crippen molar-refractivity contribution in [3.8, 4) is 12.3 Å². The van der Waals surface area contributed by atoms with E-state index in [-0.39, 0.29) is 11.6 Å². The monoisotopic (exact) mass is 207 g/mol. The van der Waals surface area contributed by atoms with Gasteiger partial charge >= 0.3 is 0 Å². The lowest BCUT2D eigenvalue weighted by atomic mass is 9.78. The number of fused-ring (bicyclic) bond motifs is 2. The van der Waals surface area contributed by atoms with Crippen LogP contribution >= 0.6 is 0 Å². The first kappa shape index (κ1) is 10.9. The Bertz CT molecular complexity index is 271. The first-order valence-corrected chi connectivity index (χ1v) is 5.86. The van der Waals surface area contributed by atoms with Crippen LogP contribution in [0.2, 0.25) is 0 Å². The van der Waals surface area contributed by atoms with E-state index in [1.54, 1.807) is 0 Å². The quantitative estimate of drug-likeness (QED) is 0.641. The third-order valence-corrected chi connectivity index (χ3v) is 4.05. The van der Waals surface area contributed by atoms with E-state index in [1.165, 1.54) is 19.5 Å². The molecule has 4 unspecified atom stereocenters. The molecule has 3 N–H and O–H groups in total. The van der Waals surface area contributed by atoms with Crippen LogP contribution in [0.5, 0.6) is 0 Å². The van der Waals surface area contributed by atoms with Gasteiger partial charge in [0, 0.05) is 18.6 Å². The number of nitrogens with two attached hydrogens (primary N) is 1. The molecule has 15 heavy (non-hydrogen) atoms. The molecular weight excluding hydrogens is 186 g/mol. The highest BCUT2D eigenvalue weighted by molar-refractivity contribution is 5.08. The predicted octanol–water partition coefficient (Wildman–Crippen LogP) is 0.0208. The van der Waals surface area contributed by atoms with E-state index in [2.05, 4.69) is 16.1 Å². The summed E-state index contributed by atoms with van der Waals surface area (Å²) in [5.74, 6) is 3.44. The third-order valence-electron chi connectivity index (χ3n) is 4.05. The molecule has 2 aliphatic heterocycles. The number of hydrogen-bond acceptors (Lipinski definition) is 3. The number of nitrogens with zero attached hydrogens (tertiary/aromatic N) is 1. The summed E-state index contributed by atoms with van der Waals surface area (Å²) >= 11 is 0. The Morgan fingerprint density at radius 3 is 3.13 bits per heavy atom. The number of terminal acetylenes is 1. The van der Waals surface area contributed by atoms with Crippen molar-refractivity contribution in [1.29, 1.82) is 0 Å². The van der Waals surface area contributed by atoms with Gasteiger partial charge in [-0.2, -0.15) is 0 Å². The summed E-state index contributed by atoms with van der Waals surface area (Å²) in [6, 6.07) is 0.126. The summed E-state index contributed by atoms with van der Waals surface area (Å²) in [5.41, 5.74) is 6.07. The van der Waals surface area contributed by atoms with Crippen LogP contribution in [0.1, 0.15) is 19.8 Å². The van der Waals surface area contributed by atoms with Gasteiger partial charge in [0.2, 0.25) is 0 Å². The van der Waals surface area contributed by atoms with Crippen LogP contribution < -0.4 is 11.1 Å². The van der Waals surface area contributed by atoms with Gasteiger partial charge in [0.15, 0.2) is 0 Å². The Kier molecular flexibility index (Phi) is 3.01. The largest absolute Gasteiger partial charge is 0.329 e. The number of hydrogen-bond donors (Lipinski definition) is 2. The van der Waals surface area contributed by atoms with Crippen LogP contribution in [0.15, 0.2) is 0 Å². The molecule has 2 bridgehead atoms. The van der Waals surface area contributed by atoms with Crippen molar-refractivity contribution in [3.63, 3.8) is 0 Å². The summed E-state index contributed by atoms with van der Waals surface area (Å²) < 4.78 is 0. The molecule has 84 valence electrons. The summed E-state index contributed by atoms with van der Waals surface area (Å²) in [4.78, 5) is 2.53. The SMILES string of the molecule is C#CC(C)NC1(CN)CCN2CCC1C2. The van der Waals surface area contributed by atoms with Crippen LogP contribution in [0.3, 0.4) is 0 Å². The van der Waals surface area contributed by atoms with Crippen LogP contribution in [-0.4, -0.2) is 42.7 Å². The minimum Gasteiger partial charge on any atom is -0.329 e. The lowest BCUT2D eigenvalue weighted by Crippen LogP contribution is -2.62. The molecule has 3 nitrogen and oxygen atoms in total. The zero-order valence-corrected chi connectivity index (χ0v) is 9.50. The molecule has 3 heteroatoms. The summed E-state index contributed by atoms with van der Waals surface area (Å²) in [6.07, 6.45) is 7.84. The van der Waals surface area contributed by atoms with E-state index in [9.17, 15) is 0 Å². The van der Waals surface area contributed by atoms with Gasteiger partial charge in [-0.15, -0.1) is 6.42 Å². The van der Waals surface area contributed by atoms with Crippen molar-refractivity contribution in [2.75, 3.05) is 26.2 Å². The highest BCUT2D eigenvalue weighted by Gasteiger charge is 2.45. The minimum atomic E-state index is 0.0960. The van der Waals surface area contributed by atoms with E-state index < -0.39 is 0 Å². The van der Waals surface area contributed by atoms with Crippen molar-refractivity contribution < 1.29 is 0 Å². The highest BCUT2D eigenvalue weighted by Crippen LogP contribution is 2.35. The number of rotatable bonds is 3. The normalized spacial score (nSPS) is 41.1. The first-order valence-electron chi connectivity index (χ1n) is 5.86. The Labute approximate surface area is 92.4 Å². The zero-order chi connectivity index (χ0) is 10.9. The van der Waals surface area contributed by atoms with Crippen molar-refractivity contribution in [2.24, 2.45) is 11.7 Å². The predicted molar refractivity (Wildman–Crippen MR) is 62.4 cm³/mol. The Hall–Kier alpha value is -0.560. The molecule has 0 radical (unpaired) electrons. The smallest absolute Gasteiger partial charge is 0.0663 e. The second-order valence-corrected chi connectivity index (χ2v) is 4.93. The van der Waals surface area contributed by atoms with E-state index in [4.69, 9.17) is 12.2 Å². The third kappa shape index (κ3) is 1.90. The number of piperidine rings is 1. The lowest BCUT2D eigenvalue weighted by molar-refractivity contribution is 0.132. The highest BCUT2D eigenvalue weighted by atomic mass is 15.2.